The standard InChI is InChI=1S/C23H26BrNO5/c1-27-22-10-9-17(12-23(22)28-2)13-25(15-19-6-5-11-29-19)14-18(26)16-30-21-8-4-3-7-20(21)24/h3-12,18,26H,13-16H2,1-2H3. The zero-order valence-corrected chi connectivity index (χ0v) is 18.7. The van der Waals surface area contributed by atoms with Crippen LogP contribution in [0, 0.1) is 0 Å². The molecule has 160 valence electrons. The molecule has 0 spiro atoms. The fraction of sp³-hybridized carbons (Fsp3) is 0.304. The van der Waals surface area contributed by atoms with E-state index in [9.17, 15) is 5.11 Å². The van der Waals surface area contributed by atoms with E-state index in [1.54, 1.807) is 20.5 Å². The predicted molar refractivity (Wildman–Crippen MR) is 118 cm³/mol. The molecule has 1 N–H and O–H groups in total. The number of hydrogen-bond donors (Lipinski definition) is 1. The molecule has 0 aliphatic carbocycles. The number of furan rings is 1. The molecule has 2 aromatic carbocycles. The van der Waals surface area contributed by atoms with Gasteiger partial charge >= 0.3 is 0 Å². The van der Waals surface area contributed by atoms with Crippen LogP contribution in [0.25, 0.3) is 0 Å². The Bertz CT molecular complexity index is 916. The molecule has 0 radical (unpaired) electrons. The highest BCUT2D eigenvalue weighted by molar-refractivity contribution is 9.10. The van der Waals surface area contributed by atoms with E-state index >= 15 is 0 Å². The van der Waals surface area contributed by atoms with Gasteiger partial charge in [-0.05, 0) is 57.9 Å². The number of rotatable bonds is 11. The second kappa shape index (κ2) is 11.1. The van der Waals surface area contributed by atoms with Crippen LogP contribution in [0.15, 0.2) is 69.8 Å². The van der Waals surface area contributed by atoms with Gasteiger partial charge in [0, 0.05) is 13.1 Å². The van der Waals surface area contributed by atoms with Gasteiger partial charge in [0.2, 0.25) is 0 Å². The van der Waals surface area contributed by atoms with Gasteiger partial charge in [0.05, 0.1) is 31.5 Å². The van der Waals surface area contributed by atoms with Crippen LogP contribution in [0.1, 0.15) is 11.3 Å². The Labute approximate surface area is 185 Å². The first-order valence-corrected chi connectivity index (χ1v) is 10.4. The molecule has 0 amide bonds. The van der Waals surface area contributed by atoms with Gasteiger partial charge in [0.1, 0.15) is 24.2 Å². The van der Waals surface area contributed by atoms with Gasteiger partial charge < -0.3 is 23.7 Å². The second-order valence-corrected chi connectivity index (χ2v) is 7.69. The fourth-order valence-corrected chi connectivity index (χ4v) is 3.54. The van der Waals surface area contributed by atoms with Crippen molar-refractivity contribution < 1.29 is 23.7 Å². The third-order valence-electron chi connectivity index (χ3n) is 4.55. The third kappa shape index (κ3) is 6.26. The maximum absolute atomic E-state index is 10.6. The van der Waals surface area contributed by atoms with Gasteiger partial charge in [-0.25, -0.2) is 0 Å². The molecule has 0 aliphatic heterocycles. The van der Waals surface area contributed by atoms with Crippen molar-refractivity contribution in [1.29, 1.82) is 0 Å². The van der Waals surface area contributed by atoms with E-state index < -0.39 is 6.10 Å². The first kappa shape index (κ1) is 22.2. The van der Waals surface area contributed by atoms with Crippen LogP contribution in [0.4, 0.5) is 0 Å². The predicted octanol–water partition coefficient (Wildman–Crippen LogP) is 4.50. The van der Waals surface area contributed by atoms with Gasteiger partial charge in [0.25, 0.3) is 0 Å². The van der Waals surface area contributed by atoms with E-state index in [4.69, 9.17) is 18.6 Å². The van der Waals surface area contributed by atoms with Crippen molar-refractivity contribution >= 4 is 15.9 Å². The zero-order valence-electron chi connectivity index (χ0n) is 17.1. The molecular formula is C23H26BrNO5. The number of halogens is 1. The Morgan fingerprint density at radius 1 is 0.967 bits per heavy atom. The van der Waals surface area contributed by atoms with Crippen molar-refractivity contribution in [2.24, 2.45) is 0 Å². The molecule has 7 heteroatoms. The second-order valence-electron chi connectivity index (χ2n) is 6.83. The molecule has 0 fully saturated rings. The normalized spacial score (nSPS) is 12.0. The lowest BCUT2D eigenvalue weighted by Gasteiger charge is -2.25. The first-order chi connectivity index (χ1) is 14.6. The quantitative estimate of drug-likeness (QED) is 0.440. The summed E-state index contributed by atoms with van der Waals surface area (Å²) in [5, 5.41) is 10.6. The summed E-state index contributed by atoms with van der Waals surface area (Å²) in [6.07, 6.45) is 0.975. The van der Waals surface area contributed by atoms with Crippen LogP contribution >= 0.6 is 15.9 Å². The van der Waals surface area contributed by atoms with Gasteiger partial charge in [0.15, 0.2) is 11.5 Å². The van der Waals surface area contributed by atoms with Crippen LogP contribution in [-0.2, 0) is 13.1 Å². The summed E-state index contributed by atoms with van der Waals surface area (Å²) in [4.78, 5) is 2.11. The Kier molecular flexibility index (Phi) is 8.19. The summed E-state index contributed by atoms with van der Waals surface area (Å²) < 4.78 is 22.9. The van der Waals surface area contributed by atoms with E-state index in [1.807, 2.05) is 54.6 Å². The topological polar surface area (TPSA) is 64.3 Å². The number of methoxy groups -OCH3 is 2. The number of aliphatic hydroxyl groups excluding tert-OH is 1. The average molecular weight is 476 g/mol. The number of para-hydroxylation sites is 1. The summed E-state index contributed by atoms with van der Waals surface area (Å²) in [6.45, 7) is 1.77. The minimum Gasteiger partial charge on any atom is -0.493 e. The molecule has 0 saturated heterocycles. The van der Waals surface area contributed by atoms with Crippen molar-refractivity contribution in [3.8, 4) is 17.2 Å². The Hall–Kier alpha value is -2.48. The van der Waals surface area contributed by atoms with Crippen molar-refractivity contribution in [3.63, 3.8) is 0 Å². The van der Waals surface area contributed by atoms with Crippen LogP contribution in [0.5, 0.6) is 17.2 Å². The molecule has 0 bridgehead atoms. The van der Waals surface area contributed by atoms with Crippen molar-refractivity contribution in [1.82, 2.24) is 4.90 Å². The molecular weight excluding hydrogens is 450 g/mol. The lowest BCUT2D eigenvalue weighted by Crippen LogP contribution is -2.35. The molecule has 6 nitrogen and oxygen atoms in total. The molecule has 30 heavy (non-hydrogen) atoms. The van der Waals surface area contributed by atoms with Crippen LogP contribution in [0.2, 0.25) is 0 Å². The molecule has 0 aliphatic rings. The lowest BCUT2D eigenvalue weighted by atomic mass is 10.1. The number of aliphatic hydroxyl groups is 1. The highest BCUT2D eigenvalue weighted by Crippen LogP contribution is 2.28. The zero-order chi connectivity index (χ0) is 21.3. The van der Waals surface area contributed by atoms with Crippen molar-refractivity contribution in [2.45, 2.75) is 19.2 Å². The summed E-state index contributed by atoms with van der Waals surface area (Å²) in [5.41, 5.74) is 1.04. The van der Waals surface area contributed by atoms with Crippen molar-refractivity contribution in [3.05, 3.63) is 76.7 Å². The lowest BCUT2D eigenvalue weighted by molar-refractivity contribution is 0.0602. The van der Waals surface area contributed by atoms with E-state index in [0.29, 0.717) is 36.9 Å². The summed E-state index contributed by atoms with van der Waals surface area (Å²) >= 11 is 3.46. The minimum atomic E-state index is -0.674. The molecule has 0 saturated carbocycles. The molecule has 3 aromatic rings. The largest absolute Gasteiger partial charge is 0.493 e. The maximum atomic E-state index is 10.6. The molecule has 1 aromatic heterocycles. The van der Waals surface area contributed by atoms with Crippen molar-refractivity contribution in [2.75, 3.05) is 27.4 Å². The van der Waals surface area contributed by atoms with Gasteiger partial charge in [-0.3, -0.25) is 4.90 Å². The summed E-state index contributed by atoms with van der Waals surface area (Å²) in [6, 6.07) is 17.2. The molecule has 1 unspecified atom stereocenters. The monoisotopic (exact) mass is 475 g/mol. The highest BCUT2D eigenvalue weighted by Gasteiger charge is 2.16. The Morgan fingerprint density at radius 3 is 2.47 bits per heavy atom. The summed E-state index contributed by atoms with van der Waals surface area (Å²) in [5.74, 6) is 2.88. The van der Waals surface area contributed by atoms with E-state index in [-0.39, 0.29) is 6.61 Å². The van der Waals surface area contributed by atoms with Gasteiger partial charge in [-0.2, -0.15) is 0 Å². The molecule has 3 rings (SSSR count). The van der Waals surface area contributed by atoms with Crippen LogP contribution < -0.4 is 14.2 Å². The highest BCUT2D eigenvalue weighted by atomic mass is 79.9. The number of nitrogens with zero attached hydrogens (tertiary/aromatic N) is 1. The molecule has 1 heterocycles. The van der Waals surface area contributed by atoms with E-state index in [1.165, 1.54) is 0 Å². The minimum absolute atomic E-state index is 0.184. The van der Waals surface area contributed by atoms with E-state index in [0.717, 1.165) is 15.8 Å². The summed E-state index contributed by atoms with van der Waals surface area (Å²) in [7, 11) is 3.23. The molecule has 1 atom stereocenters. The SMILES string of the molecule is COc1ccc(CN(Cc2ccco2)CC(O)COc2ccccc2Br)cc1OC. The van der Waals surface area contributed by atoms with Crippen LogP contribution in [0.3, 0.4) is 0 Å². The smallest absolute Gasteiger partial charge is 0.161 e. The average Bonchev–Trinajstić information content (AvgIpc) is 3.26. The first-order valence-electron chi connectivity index (χ1n) is 9.60. The third-order valence-corrected chi connectivity index (χ3v) is 5.21. The maximum Gasteiger partial charge on any atom is 0.161 e. The van der Waals surface area contributed by atoms with Gasteiger partial charge in [-0.1, -0.05) is 18.2 Å². The number of benzene rings is 2. The number of hydrogen-bond acceptors (Lipinski definition) is 6. The van der Waals surface area contributed by atoms with E-state index in [2.05, 4.69) is 20.8 Å². The fourth-order valence-electron chi connectivity index (χ4n) is 3.14. The van der Waals surface area contributed by atoms with Gasteiger partial charge in [-0.15, -0.1) is 0 Å². The Balaban J connectivity index is 1.67. The Morgan fingerprint density at radius 2 is 1.77 bits per heavy atom. The van der Waals surface area contributed by atoms with Crippen LogP contribution in [-0.4, -0.2) is 43.5 Å². The number of ether oxygens (including phenoxy) is 3.